The fraction of sp³-hybridized carbons (Fsp3) is 0.800. The van der Waals surface area contributed by atoms with Gasteiger partial charge < -0.3 is 15.5 Å². The number of amides is 1. The van der Waals surface area contributed by atoms with Crippen molar-refractivity contribution in [3.05, 3.63) is 5.82 Å². The van der Waals surface area contributed by atoms with Gasteiger partial charge in [0.15, 0.2) is 5.82 Å². The SMILES string of the molecule is CC(Sc1nnc(C2CCCCC2)n1N)C(=O)N1CCOCC1. The molecule has 1 aromatic rings. The number of aromatic nitrogens is 3. The van der Waals surface area contributed by atoms with Gasteiger partial charge in [-0.3, -0.25) is 4.79 Å². The molecular formula is C15H25N5O2S. The van der Waals surface area contributed by atoms with E-state index >= 15 is 0 Å². The lowest BCUT2D eigenvalue weighted by Crippen LogP contribution is -2.44. The van der Waals surface area contributed by atoms with Gasteiger partial charge in [-0.05, 0) is 19.8 Å². The molecule has 1 atom stereocenters. The molecule has 0 aromatic carbocycles. The lowest BCUT2D eigenvalue weighted by molar-refractivity contribution is -0.134. The zero-order valence-electron chi connectivity index (χ0n) is 13.6. The zero-order chi connectivity index (χ0) is 16.2. The second kappa shape index (κ2) is 7.53. The molecule has 2 N–H and O–H groups in total. The van der Waals surface area contributed by atoms with Crippen LogP contribution in [0.1, 0.15) is 50.8 Å². The van der Waals surface area contributed by atoms with Crippen molar-refractivity contribution in [2.75, 3.05) is 32.1 Å². The predicted octanol–water partition coefficient (Wildman–Crippen LogP) is 1.38. The summed E-state index contributed by atoms with van der Waals surface area (Å²) in [5, 5.41) is 8.90. The molecule has 0 spiro atoms. The number of ether oxygens (including phenoxy) is 1. The van der Waals surface area contributed by atoms with Crippen molar-refractivity contribution in [3.8, 4) is 0 Å². The maximum absolute atomic E-state index is 12.5. The summed E-state index contributed by atoms with van der Waals surface area (Å²) in [6.07, 6.45) is 6.00. The van der Waals surface area contributed by atoms with Gasteiger partial charge in [-0.25, -0.2) is 4.68 Å². The van der Waals surface area contributed by atoms with E-state index in [1.807, 2.05) is 11.8 Å². The van der Waals surface area contributed by atoms with Crippen LogP contribution in [-0.2, 0) is 9.53 Å². The quantitative estimate of drug-likeness (QED) is 0.659. The third-order valence-corrected chi connectivity index (χ3v) is 5.66. The number of nitrogen functional groups attached to an aromatic ring is 1. The Labute approximate surface area is 140 Å². The van der Waals surface area contributed by atoms with Crippen molar-refractivity contribution in [3.63, 3.8) is 0 Å². The molecule has 1 aromatic heterocycles. The fourth-order valence-corrected chi connectivity index (χ4v) is 4.12. The summed E-state index contributed by atoms with van der Waals surface area (Å²) < 4.78 is 6.88. The van der Waals surface area contributed by atoms with Crippen LogP contribution in [0.3, 0.4) is 0 Å². The lowest BCUT2D eigenvalue weighted by Gasteiger charge is -2.28. The number of rotatable bonds is 4. The summed E-state index contributed by atoms with van der Waals surface area (Å²) in [5.41, 5.74) is 0. The predicted molar refractivity (Wildman–Crippen MR) is 88.7 cm³/mol. The number of morpholine rings is 1. The van der Waals surface area contributed by atoms with Crippen LogP contribution in [0, 0.1) is 0 Å². The maximum atomic E-state index is 12.5. The molecule has 2 fully saturated rings. The van der Waals surface area contributed by atoms with E-state index in [1.54, 1.807) is 4.68 Å². The highest BCUT2D eigenvalue weighted by atomic mass is 32.2. The third-order valence-electron chi connectivity index (χ3n) is 4.61. The molecule has 0 radical (unpaired) electrons. The molecule has 7 nitrogen and oxygen atoms in total. The van der Waals surface area contributed by atoms with Crippen molar-refractivity contribution in [2.45, 2.75) is 55.4 Å². The number of hydrogen-bond acceptors (Lipinski definition) is 6. The van der Waals surface area contributed by atoms with Crippen molar-refractivity contribution < 1.29 is 9.53 Å². The number of hydrogen-bond donors (Lipinski definition) is 1. The normalized spacial score (nSPS) is 21.3. The van der Waals surface area contributed by atoms with E-state index in [4.69, 9.17) is 10.6 Å². The molecule has 23 heavy (non-hydrogen) atoms. The summed E-state index contributed by atoms with van der Waals surface area (Å²) in [6, 6.07) is 0. The molecule has 8 heteroatoms. The van der Waals surface area contributed by atoms with Crippen LogP contribution in [0.25, 0.3) is 0 Å². The van der Waals surface area contributed by atoms with Gasteiger partial charge in [0.1, 0.15) is 0 Å². The van der Waals surface area contributed by atoms with Gasteiger partial charge in [0, 0.05) is 19.0 Å². The van der Waals surface area contributed by atoms with Crippen molar-refractivity contribution in [1.29, 1.82) is 0 Å². The van der Waals surface area contributed by atoms with Gasteiger partial charge in [0.25, 0.3) is 0 Å². The summed E-state index contributed by atoms with van der Waals surface area (Å²) in [4.78, 5) is 14.3. The van der Waals surface area contributed by atoms with E-state index in [1.165, 1.54) is 31.0 Å². The van der Waals surface area contributed by atoms with Gasteiger partial charge in [-0.15, -0.1) is 10.2 Å². The van der Waals surface area contributed by atoms with Crippen LogP contribution in [0.5, 0.6) is 0 Å². The monoisotopic (exact) mass is 339 g/mol. The summed E-state index contributed by atoms with van der Waals surface area (Å²) in [6.45, 7) is 4.44. The Bertz CT molecular complexity index is 538. The Kier molecular flexibility index (Phi) is 5.42. The van der Waals surface area contributed by atoms with Crippen molar-refractivity contribution in [2.24, 2.45) is 0 Å². The Morgan fingerprint density at radius 2 is 1.96 bits per heavy atom. The van der Waals surface area contributed by atoms with Crippen molar-refractivity contribution >= 4 is 17.7 Å². The Balaban J connectivity index is 1.63. The van der Waals surface area contributed by atoms with Crippen LogP contribution in [0.15, 0.2) is 5.16 Å². The van der Waals surface area contributed by atoms with Crippen molar-refractivity contribution in [1.82, 2.24) is 19.8 Å². The van der Waals surface area contributed by atoms with Crippen LogP contribution in [0.2, 0.25) is 0 Å². The standard InChI is InChI=1S/C15H25N5O2S/c1-11(14(21)19-7-9-22-10-8-19)23-15-18-17-13(20(15)16)12-5-3-2-4-6-12/h11-12H,2-10,16H2,1H3. The van der Waals surface area contributed by atoms with Gasteiger partial charge >= 0.3 is 0 Å². The second-order valence-electron chi connectivity index (χ2n) is 6.24. The van der Waals surface area contributed by atoms with Crippen LogP contribution < -0.4 is 5.84 Å². The third kappa shape index (κ3) is 3.80. The largest absolute Gasteiger partial charge is 0.378 e. The maximum Gasteiger partial charge on any atom is 0.236 e. The highest BCUT2D eigenvalue weighted by Gasteiger charge is 2.27. The molecule has 2 aliphatic rings. The minimum absolute atomic E-state index is 0.112. The number of nitrogens with two attached hydrogens (primary N) is 1. The van der Waals surface area contributed by atoms with E-state index in [2.05, 4.69) is 10.2 Å². The molecule has 1 aliphatic carbocycles. The van der Waals surface area contributed by atoms with Crippen LogP contribution in [0.4, 0.5) is 0 Å². The van der Waals surface area contributed by atoms with E-state index < -0.39 is 0 Å². The molecule has 2 heterocycles. The molecule has 3 rings (SSSR count). The average molecular weight is 339 g/mol. The lowest BCUT2D eigenvalue weighted by atomic mass is 9.89. The molecule has 1 saturated carbocycles. The van der Waals surface area contributed by atoms with Crippen LogP contribution in [-0.4, -0.2) is 57.2 Å². The van der Waals surface area contributed by atoms with Crippen LogP contribution >= 0.6 is 11.8 Å². The first kappa shape index (κ1) is 16.6. The highest BCUT2D eigenvalue weighted by Crippen LogP contribution is 2.33. The molecule has 0 bridgehead atoms. The van der Waals surface area contributed by atoms with E-state index in [9.17, 15) is 4.79 Å². The van der Waals surface area contributed by atoms with Gasteiger partial charge in [0.2, 0.25) is 11.1 Å². The number of carbonyl (C=O) groups is 1. The number of carbonyl (C=O) groups excluding carboxylic acids is 1. The first-order valence-corrected chi connectivity index (χ1v) is 9.28. The Morgan fingerprint density at radius 3 is 2.65 bits per heavy atom. The smallest absolute Gasteiger partial charge is 0.236 e. The number of nitrogens with zero attached hydrogens (tertiary/aromatic N) is 4. The van der Waals surface area contributed by atoms with E-state index in [0.29, 0.717) is 37.4 Å². The van der Waals surface area contributed by atoms with E-state index in [0.717, 1.165) is 18.7 Å². The zero-order valence-corrected chi connectivity index (χ0v) is 14.4. The van der Waals surface area contributed by atoms with E-state index in [-0.39, 0.29) is 11.2 Å². The Morgan fingerprint density at radius 1 is 1.26 bits per heavy atom. The second-order valence-corrected chi connectivity index (χ2v) is 7.55. The topological polar surface area (TPSA) is 86.3 Å². The molecule has 1 amide bonds. The first-order chi connectivity index (χ1) is 11.2. The summed E-state index contributed by atoms with van der Waals surface area (Å²) in [7, 11) is 0. The minimum Gasteiger partial charge on any atom is -0.378 e. The Hall–Kier alpha value is -1.28. The minimum atomic E-state index is -0.223. The first-order valence-electron chi connectivity index (χ1n) is 8.40. The molecule has 128 valence electrons. The molecular weight excluding hydrogens is 314 g/mol. The van der Waals surface area contributed by atoms with Gasteiger partial charge in [-0.2, -0.15) is 0 Å². The molecule has 1 saturated heterocycles. The summed E-state index contributed by atoms with van der Waals surface area (Å²) in [5.74, 6) is 7.56. The highest BCUT2D eigenvalue weighted by molar-refractivity contribution is 8.00. The summed E-state index contributed by atoms with van der Waals surface area (Å²) >= 11 is 1.39. The van der Waals surface area contributed by atoms with Gasteiger partial charge in [0.05, 0.1) is 18.5 Å². The van der Waals surface area contributed by atoms with Gasteiger partial charge in [-0.1, -0.05) is 31.0 Å². The number of thioether (sulfide) groups is 1. The molecule has 1 aliphatic heterocycles. The molecule has 1 unspecified atom stereocenters. The fourth-order valence-electron chi connectivity index (χ4n) is 3.26. The average Bonchev–Trinajstić information content (AvgIpc) is 2.96.